The van der Waals surface area contributed by atoms with Crippen LogP contribution in [-0.2, 0) is 10.0 Å². The van der Waals surface area contributed by atoms with Crippen molar-refractivity contribution < 1.29 is 8.42 Å². The van der Waals surface area contributed by atoms with Gasteiger partial charge in [0, 0.05) is 11.4 Å². The standard InChI is InChI=1S/C12H22ClNO2S/c1-10-3-2-6-12(7-10,9-13)14-17(15,16)8-11-4-5-11/h10-11,14H,2-9H2,1H3. The predicted octanol–water partition coefficient (Wildman–Crippen LogP) is 2.50. The fourth-order valence-electron chi connectivity index (χ4n) is 2.87. The quantitative estimate of drug-likeness (QED) is 0.786. The molecule has 0 radical (unpaired) electrons. The van der Waals surface area contributed by atoms with E-state index >= 15 is 0 Å². The van der Waals surface area contributed by atoms with Crippen LogP contribution >= 0.6 is 11.6 Å². The van der Waals surface area contributed by atoms with Gasteiger partial charge in [0.15, 0.2) is 0 Å². The summed E-state index contributed by atoms with van der Waals surface area (Å²) >= 11 is 6.03. The maximum atomic E-state index is 12.1. The van der Waals surface area contributed by atoms with Crippen molar-refractivity contribution in [2.45, 2.75) is 51.0 Å². The molecule has 0 aromatic heterocycles. The van der Waals surface area contributed by atoms with Gasteiger partial charge in [-0.2, -0.15) is 0 Å². The average molecular weight is 280 g/mol. The second kappa shape index (κ2) is 5.06. The molecule has 2 aliphatic carbocycles. The minimum atomic E-state index is -3.15. The van der Waals surface area contributed by atoms with Crippen molar-refractivity contribution in [2.75, 3.05) is 11.6 Å². The Kier molecular flexibility index (Phi) is 4.06. The van der Waals surface area contributed by atoms with Gasteiger partial charge in [-0.15, -0.1) is 11.6 Å². The van der Waals surface area contributed by atoms with E-state index in [1.807, 2.05) is 0 Å². The summed E-state index contributed by atoms with van der Waals surface area (Å²) in [6.45, 7) is 2.18. The van der Waals surface area contributed by atoms with Crippen LogP contribution in [0.2, 0.25) is 0 Å². The molecule has 0 amide bonds. The molecule has 2 saturated carbocycles. The molecule has 2 atom stereocenters. The zero-order valence-electron chi connectivity index (χ0n) is 10.4. The molecule has 100 valence electrons. The highest BCUT2D eigenvalue weighted by molar-refractivity contribution is 7.89. The van der Waals surface area contributed by atoms with Crippen molar-refractivity contribution in [3.63, 3.8) is 0 Å². The van der Waals surface area contributed by atoms with Gasteiger partial charge in [-0.1, -0.05) is 19.8 Å². The van der Waals surface area contributed by atoms with Crippen molar-refractivity contribution in [3.05, 3.63) is 0 Å². The van der Waals surface area contributed by atoms with Crippen LogP contribution in [0, 0.1) is 11.8 Å². The first kappa shape index (κ1) is 13.6. The van der Waals surface area contributed by atoms with E-state index in [9.17, 15) is 8.42 Å². The maximum absolute atomic E-state index is 12.1. The van der Waals surface area contributed by atoms with Gasteiger partial charge in [0.1, 0.15) is 0 Å². The summed E-state index contributed by atoms with van der Waals surface area (Å²) in [5, 5.41) is 0. The molecule has 1 N–H and O–H groups in total. The highest BCUT2D eigenvalue weighted by atomic mass is 35.5. The smallest absolute Gasteiger partial charge is 0.212 e. The van der Waals surface area contributed by atoms with Crippen molar-refractivity contribution in [3.8, 4) is 0 Å². The lowest BCUT2D eigenvalue weighted by molar-refractivity contribution is 0.239. The first-order valence-corrected chi connectivity index (χ1v) is 8.71. The zero-order chi connectivity index (χ0) is 12.5. The molecular formula is C12H22ClNO2S. The molecular weight excluding hydrogens is 258 g/mol. The first-order valence-electron chi connectivity index (χ1n) is 6.52. The molecule has 2 aliphatic rings. The third kappa shape index (κ3) is 3.83. The van der Waals surface area contributed by atoms with E-state index in [0.29, 0.717) is 23.5 Å². The van der Waals surface area contributed by atoms with Gasteiger partial charge >= 0.3 is 0 Å². The number of hydrogen-bond acceptors (Lipinski definition) is 2. The fraction of sp³-hybridized carbons (Fsp3) is 1.00. The van der Waals surface area contributed by atoms with Gasteiger partial charge < -0.3 is 0 Å². The number of alkyl halides is 1. The summed E-state index contributed by atoms with van der Waals surface area (Å²) in [6, 6.07) is 0. The number of halogens is 1. The van der Waals surface area contributed by atoms with Gasteiger partial charge in [-0.25, -0.2) is 13.1 Å². The van der Waals surface area contributed by atoms with Crippen molar-refractivity contribution in [2.24, 2.45) is 11.8 Å². The van der Waals surface area contributed by atoms with Crippen LogP contribution in [0.3, 0.4) is 0 Å². The van der Waals surface area contributed by atoms with E-state index in [1.54, 1.807) is 0 Å². The third-order valence-corrected chi connectivity index (χ3v) is 6.04. The fourth-order valence-corrected chi connectivity index (χ4v) is 5.21. The normalized spacial score (nSPS) is 34.8. The zero-order valence-corrected chi connectivity index (χ0v) is 12.0. The third-order valence-electron chi connectivity index (χ3n) is 3.87. The number of sulfonamides is 1. The van der Waals surface area contributed by atoms with Crippen LogP contribution in [0.1, 0.15) is 45.4 Å². The number of hydrogen-bond donors (Lipinski definition) is 1. The van der Waals surface area contributed by atoms with Crippen LogP contribution < -0.4 is 4.72 Å². The Morgan fingerprint density at radius 3 is 2.59 bits per heavy atom. The lowest BCUT2D eigenvalue weighted by Crippen LogP contribution is -2.53. The van der Waals surface area contributed by atoms with E-state index in [0.717, 1.165) is 32.1 Å². The summed E-state index contributed by atoms with van der Waals surface area (Å²) in [5.74, 6) is 1.63. The molecule has 2 fully saturated rings. The second-order valence-electron chi connectivity index (χ2n) is 5.94. The molecule has 0 saturated heterocycles. The summed E-state index contributed by atoms with van der Waals surface area (Å²) in [5.41, 5.74) is -0.382. The van der Waals surface area contributed by atoms with E-state index in [-0.39, 0.29) is 5.54 Å². The van der Waals surface area contributed by atoms with Gasteiger partial charge in [0.25, 0.3) is 0 Å². The first-order chi connectivity index (χ1) is 7.95. The van der Waals surface area contributed by atoms with Gasteiger partial charge in [0.2, 0.25) is 10.0 Å². The van der Waals surface area contributed by atoms with Crippen molar-refractivity contribution >= 4 is 21.6 Å². The Bertz CT molecular complexity index is 367. The summed E-state index contributed by atoms with van der Waals surface area (Å²) in [4.78, 5) is 0. The number of nitrogens with one attached hydrogen (secondary N) is 1. The Morgan fingerprint density at radius 2 is 2.06 bits per heavy atom. The van der Waals surface area contributed by atoms with Crippen LogP contribution in [0.15, 0.2) is 0 Å². The van der Waals surface area contributed by atoms with E-state index in [1.165, 1.54) is 6.42 Å². The average Bonchev–Trinajstić information content (AvgIpc) is 3.00. The maximum Gasteiger partial charge on any atom is 0.212 e. The van der Waals surface area contributed by atoms with Crippen molar-refractivity contribution in [1.29, 1.82) is 0 Å². The minimum Gasteiger partial charge on any atom is -0.212 e. The largest absolute Gasteiger partial charge is 0.212 e. The Hall–Kier alpha value is 0.200. The molecule has 0 bridgehead atoms. The van der Waals surface area contributed by atoms with Gasteiger partial charge in [-0.3, -0.25) is 0 Å². The Balaban J connectivity index is 2.02. The number of rotatable bonds is 5. The Morgan fingerprint density at radius 1 is 1.35 bits per heavy atom. The molecule has 5 heteroatoms. The van der Waals surface area contributed by atoms with Crippen LogP contribution in [0.5, 0.6) is 0 Å². The van der Waals surface area contributed by atoms with Gasteiger partial charge in [0.05, 0.1) is 5.75 Å². The SMILES string of the molecule is CC1CCCC(CCl)(NS(=O)(=O)CC2CC2)C1. The lowest BCUT2D eigenvalue weighted by Gasteiger charge is -2.39. The highest BCUT2D eigenvalue weighted by Crippen LogP contribution is 2.35. The topological polar surface area (TPSA) is 46.2 Å². The molecule has 0 spiro atoms. The molecule has 0 aromatic rings. The molecule has 2 rings (SSSR count). The summed E-state index contributed by atoms with van der Waals surface area (Å²) in [6.07, 6.45) is 6.13. The summed E-state index contributed by atoms with van der Waals surface area (Å²) < 4.78 is 27.0. The van der Waals surface area contributed by atoms with E-state index < -0.39 is 10.0 Å². The molecule has 0 aromatic carbocycles. The molecule has 2 unspecified atom stereocenters. The van der Waals surface area contributed by atoms with Gasteiger partial charge in [-0.05, 0) is 37.5 Å². The molecule has 0 heterocycles. The summed E-state index contributed by atoms with van der Waals surface area (Å²) in [7, 11) is -3.15. The Labute approximate surface area is 109 Å². The molecule has 3 nitrogen and oxygen atoms in total. The predicted molar refractivity (Wildman–Crippen MR) is 70.7 cm³/mol. The lowest BCUT2D eigenvalue weighted by atomic mass is 9.78. The van der Waals surface area contributed by atoms with Crippen LogP contribution in [-0.4, -0.2) is 25.6 Å². The van der Waals surface area contributed by atoms with Crippen molar-refractivity contribution in [1.82, 2.24) is 4.72 Å². The van der Waals surface area contributed by atoms with Crippen LogP contribution in [0.4, 0.5) is 0 Å². The minimum absolute atomic E-state index is 0.292. The van der Waals surface area contributed by atoms with E-state index in [2.05, 4.69) is 11.6 Å². The molecule has 17 heavy (non-hydrogen) atoms. The monoisotopic (exact) mass is 279 g/mol. The molecule has 0 aliphatic heterocycles. The highest BCUT2D eigenvalue weighted by Gasteiger charge is 2.39. The van der Waals surface area contributed by atoms with Crippen LogP contribution in [0.25, 0.3) is 0 Å². The van der Waals surface area contributed by atoms with E-state index in [4.69, 9.17) is 11.6 Å². The second-order valence-corrected chi connectivity index (χ2v) is 7.98.